The number of carbonyl (C=O) groups excluding carboxylic acids is 2. The predicted molar refractivity (Wildman–Crippen MR) is 104 cm³/mol. The number of aromatic nitrogens is 4. The van der Waals surface area contributed by atoms with Gasteiger partial charge in [-0.15, -0.1) is 5.10 Å². The molecule has 1 atom stereocenters. The zero-order chi connectivity index (χ0) is 20.1. The van der Waals surface area contributed by atoms with E-state index in [1.165, 1.54) is 23.7 Å². The number of anilines is 2. The van der Waals surface area contributed by atoms with Crippen LogP contribution in [-0.2, 0) is 9.59 Å². The van der Waals surface area contributed by atoms with E-state index >= 15 is 0 Å². The Hall–Kier alpha value is -3.27. The van der Waals surface area contributed by atoms with Gasteiger partial charge in [-0.25, -0.2) is 4.39 Å². The van der Waals surface area contributed by atoms with E-state index in [0.29, 0.717) is 22.2 Å². The van der Waals surface area contributed by atoms with Crippen LogP contribution in [0.2, 0.25) is 0 Å². The number of thioether (sulfide) groups is 1. The van der Waals surface area contributed by atoms with Crippen molar-refractivity contribution in [1.29, 1.82) is 0 Å². The number of amides is 2. The van der Waals surface area contributed by atoms with E-state index in [2.05, 4.69) is 26.2 Å². The minimum atomic E-state index is -0.506. The average molecular weight is 400 g/mol. The molecule has 0 saturated carbocycles. The van der Waals surface area contributed by atoms with Crippen LogP contribution in [0.1, 0.15) is 13.8 Å². The van der Waals surface area contributed by atoms with Crippen molar-refractivity contribution in [1.82, 2.24) is 20.2 Å². The zero-order valence-corrected chi connectivity index (χ0v) is 15.9. The fraction of sp³-hybridized carbons (Fsp3) is 0.167. The monoisotopic (exact) mass is 400 g/mol. The summed E-state index contributed by atoms with van der Waals surface area (Å²) in [5, 5.41) is 16.7. The van der Waals surface area contributed by atoms with Crippen molar-refractivity contribution in [3.05, 3.63) is 54.3 Å². The van der Waals surface area contributed by atoms with E-state index in [0.717, 1.165) is 11.8 Å². The summed E-state index contributed by atoms with van der Waals surface area (Å²) >= 11 is 1.15. The standard InChI is InChI=1S/C18H17FN6O2S/c1-11(17(27)21-15-8-6-14(7-9-15)20-12(2)26)28-18-22-23-24-25(18)16-5-3-4-13(19)10-16/h3-11H,1-2H3,(H,20,26)(H,21,27)/t11-/m0/s1. The highest BCUT2D eigenvalue weighted by Crippen LogP contribution is 2.24. The predicted octanol–water partition coefficient (Wildman–Crippen LogP) is 2.88. The maximum Gasteiger partial charge on any atom is 0.237 e. The Balaban J connectivity index is 1.65. The third kappa shape index (κ3) is 4.92. The summed E-state index contributed by atoms with van der Waals surface area (Å²) < 4.78 is 14.8. The van der Waals surface area contributed by atoms with E-state index in [4.69, 9.17) is 0 Å². The highest BCUT2D eigenvalue weighted by Gasteiger charge is 2.19. The van der Waals surface area contributed by atoms with Crippen LogP contribution < -0.4 is 10.6 Å². The number of rotatable bonds is 6. The van der Waals surface area contributed by atoms with E-state index in [-0.39, 0.29) is 11.8 Å². The molecule has 144 valence electrons. The molecule has 0 unspecified atom stereocenters. The first-order chi connectivity index (χ1) is 13.4. The Morgan fingerprint density at radius 2 is 1.79 bits per heavy atom. The third-order valence-electron chi connectivity index (χ3n) is 3.62. The summed E-state index contributed by atoms with van der Waals surface area (Å²) in [4.78, 5) is 23.5. The van der Waals surface area contributed by atoms with Gasteiger partial charge in [0.25, 0.3) is 0 Å². The fourth-order valence-corrected chi connectivity index (χ4v) is 3.13. The molecule has 0 bridgehead atoms. The second kappa shape index (κ2) is 8.61. The molecule has 28 heavy (non-hydrogen) atoms. The van der Waals surface area contributed by atoms with Gasteiger partial charge in [-0.2, -0.15) is 4.68 Å². The van der Waals surface area contributed by atoms with Gasteiger partial charge in [-0.3, -0.25) is 9.59 Å². The second-order valence-electron chi connectivity index (χ2n) is 5.86. The minimum Gasteiger partial charge on any atom is -0.326 e. The Morgan fingerprint density at radius 1 is 1.11 bits per heavy atom. The van der Waals surface area contributed by atoms with Gasteiger partial charge in [0.2, 0.25) is 17.0 Å². The summed E-state index contributed by atoms with van der Waals surface area (Å²) in [6.45, 7) is 3.14. The van der Waals surface area contributed by atoms with Gasteiger partial charge in [0.1, 0.15) is 5.82 Å². The van der Waals surface area contributed by atoms with Gasteiger partial charge < -0.3 is 10.6 Å². The first-order valence-corrected chi connectivity index (χ1v) is 9.20. The molecule has 3 aromatic rings. The number of nitrogens with one attached hydrogen (secondary N) is 2. The van der Waals surface area contributed by atoms with Crippen LogP contribution in [0.3, 0.4) is 0 Å². The van der Waals surface area contributed by atoms with E-state index in [1.807, 2.05) is 0 Å². The molecule has 2 N–H and O–H groups in total. The van der Waals surface area contributed by atoms with Gasteiger partial charge in [0, 0.05) is 18.3 Å². The number of tetrazole rings is 1. The SMILES string of the molecule is CC(=O)Nc1ccc(NC(=O)[C@H](C)Sc2nnnn2-c2cccc(F)c2)cc1. The number of hydrogen-bond donors (Lipinski definition) is 2. The molecule has 2 amide bonds. The Labute approximate surface area is 164 Å². The van der Waals surface area contributed by atoms with Gasteiger partial charge in [0.15, 0.2) is 0 Å². The van der Waals surface area contributed by atoms with Crippen molar-refractivity contribution in [2.24, 2.45) is 0 Å². The summed E-state index contributed by atoms with van der Waals surface area (Å²) in [7, 11) is 0. The average Bonchev–Trinajstić information content (AvgIpc) is 3.11. The lowest BCUT2D eigenvalue weighted by molar-refractivity contribution is -0.115. The minimum absolute atomic E-state index is 0.169. The Morgan fingerprint density at radius 3 is 2.43 bits per heavy atom. The van der Waals surface area contributed by atoms with Crippen molar-refractivity contribution >= 4 is 35.0 Å². The number of carbonyl (C=O) groups is 2. The second-order valence-corrected chi connectivity index (χ2v) is 7.17. The molecular weight excluding hydrogens is 383 g/mol. The number of benzene rings is 2. The largest absolute Gasteiger partial charge is 0.326 e. The van der Waals surface area contributed by atoms with Crippen LogP contribution in [0, 0.1) is 5.82 Å². The molecule has 0 radical (unpaired) electrons. The molecule has 3 rings (SSSR count). The Bertz CT molecular complexity index is 992. The first-order valence-electron chi connectivity index (χ1n) is 8.32. The van der Waals surface area contributed by atoms with Crippen LogP contribution in [0.15, 0.2) is 53.7 Å². The normalized spacial score (nSPS) is 11.7. The lowest BCUT2D eigenvalue weighted by Gasteiger charge is -2.12. The van der Waals surface area contributed by atoms with E-state index in [9.17, 15) is 14.0 Å². The van der Waals surface area contributed by atoms with Crippen molar-refractivity contribution in [2.75, 3.05) is 10.6 Å². The molecule has 0 fully saturated rings. The van der Waals surface area contributed by atoms with Gasteiger partial charge in [0.05, 0.1) is 10.9 Å². The van der Waals surface area contributed by atoms with Crippen molar-refractivity contribution in [3.8, 4) is 5.69 Å². The van der Waals surface area contributed by atoms with Gasteiger partial charge in [-0.1, -0.05) is 17.8 Å². The lowest BCUT2D eigenvalue weighted by atomic mass is 10.2. The number of halogens is 1. The fourth-order valence-electron chi connectivity index (χ4n) is 2.32. The highest BCUT2D eigenvalue weighted by atomic mass is 32.2. The van der Waals surface area contributed by atoms with Gasteiger partial charge >= 0.3 is 0 Å². The zero-order valence-electron chi connectivity index (χ0n) is 15.1. The van der Waals surface area contributed by atoms with Crippen LogP contribution in [-0.4, -0.2) is 37.3 Å². The number of hydrogen-bond acceptors (Lipinski definition) is 6. The van der Waals surface area contributed by atoms with Crippen LogP contribution >= 0.6 is 11.8 Å². The first kappa shape index (κ1) is 19.5. The molecule has 2 aromatic carbocycles. The van der Waals surface area contributed by atoms with E-state index in [1.54, 1.807) is 43.3 Å². The summed E-state index contributed by atoms with van der Waals surface area (Å²) in [5.74, 6) is -0.818. The number of nitrogens with zero attached hydrogens (tertiary/aromatic N) is 4. The topological polar surface area (TPSA) is 102 Å². The molecular formula is C18H17FN6O2S. The van der Waals surface area contributed by atoms with Crippen molar-refractivity contribution in [3.63, 3.8) is 0 Å². The van der Waals surface area contributed by atoms with E-state index < -0.39 is 11.1 Å². The van der Waals surface area contributed by atoms with Gasteiger partial charge in [-0.05, 0) is 59.8 Å². The van der Waals surface area contributed by atoms with Crippen LogP contribution in [0.5, 0.6) is 0 Å². The lowest BCUT2D eigenvalue weighted by Crippen LogP contribution is -2.23. The molecule has 0 spiro atoms. The van der Waals surface area contributed by atoms with Crippen LogP contribution in [0.25, 0.3) is 5.69 Å². The summed E-state index contributed by atoms with van der Waals surface area (Å²) in [6, 6.07) is 12.6. The molecule has 8 nitrogen and oxygen atoms in total. The molecule has 0 aliphatic heterocycles. The summed E-state index contributed by atoms with van der Waals surface area (Å²) in [5.41, 5.74) is 1.70. The highest BCUT2D eigenvalue weighted by molar-refractivity contribution is 8.00. The van der Waals surface area contributed by atoms with Crippen LogP contribution in [0.4, 0.5) is 15.8 Å². The Kier molecular flexibility index (Phi) is 5.99. The van der Waals surface area contributed by atoms with Crippen molar-refractivity contribution in [2.45, 2.75) is 24.3 Å². The quantitative estimate of drug-likeness (QED) is 0.617. The molecule has 1 heterocycles. The molecule has 10 heteroatoms. The van der Waals surface area contributed by atoms with Crippen molar-refractivity contribution < 1.29 is 14.0 Å². The molecule has 0 saturated heterocycles. The smallest absolute Gasteiger partial charge is 0.237 e. The summed E-state index contributed by atoms with van der Waals surface area (Å²) in [6.07, 6.45) is 0. The molecule has 1 aromatic heterocycles. The maximum absolute atomic E-state index is 13.4. The molecule has 0 aliphatic carbocycles. The molecule has 0 aliphatic rings. The maximum atomic E-state index is 13.4. The third-order valence-corrected chi connectivity index (χ3v) is 4.65.